The molecule has 4 rings (SSSR count). The summed E-state index contributed by atoms with van der Waals surface area (Å²) >= 11 is 0. The van der Waals surface area contributed by atoms with Crippen molar-refractivity contribution in [2.75, 3.05) is 11.9 Å². The zero-order valence-corrected chi connectivity index (χ0v) is 16.8. The quantitative estimate of drug-likeness (QED) is 0.848. The second kappa shape index (κ2) is 6.97. The molecule has 1 unspecified atom stereocenters. The van der Waals surface area contributed by atoms with Gasteiger partial charge in [0.25, 0.3) is 0 Å². The summed E-state index contributed by atoms with van der Waals surface area (Å²) in [6.45, 7) is 4.37. The fourth-order valence-electron chi connectivity index (χ4n) is 4.18. The molecule has 2 aromatic carbocycles. The van der Waals surface area contributed by atoms with Gasteiger partial charge in [-0.05, 0) is 67.5 Å². The Hall–Kier alpha value is -2.25. The van der Waals surface area contributed by atoms with Crippen molar-refractivity contribution < 1.29 is 17.6 Å². The molecule has 0 aliphatic carbocycles. The molecule has 1 amide bonds. The van der Waals surface area contributed by atoms with Crippen molar-refractivity contribution in [3.63, 3.8) is 0 Å². The Morgan fingerprint density at radius 3 is 2.75 bits per heavy atom. The Labute approximate surface area is 164 Å². The first-order valence-electron chi connectivity index (χ1n) is 9.49. The average Bonchev–Trinajstić information content (AvgIpc) is 3.13. The Kier molecular flexibility index (Phi) is 4.75. The number of nitrogens with one attached hydrogen (secondary N) is 1. The molecule has 5 nitrogen and oxygen atoms in total. The highest BCUT2D eigenvalue weighted by atomic mass is 32.2. The fraction of sp³-hybridized carbons (Fsp3) is 0.381. The number of nitrogens with zero attached hydrogens (tertiary/aromatic N) is 1. The lowest BCUT2D eigenvalue weighted by atomic mass is 9.97. The maximum Gasteiger partial charge on any atom is 0.246 e. The number of amides is 1. The molecule has 2 aromatic rings. The number of halogens is 1. The Bertz CT molecular complexity index is 1070. The van der Waals surface area contributed by atoms with E-state index in [1.165, 1.54) is 10.4 Å². The van der Waals surface area contributed by atoms with Crippen LogP contribution in [-0.2, 0) is 21.2 Å². The van der Waals surface area contributed by atoms with E-state index in [4.69, 9.17) is 0 Å². The van der Waals surface area contributed by atoms with Gasteiger partial charge < -0.3 is 5.32 Å². The fourth-order valence-corrected chi connectivity index (χ4v) is 5.95. The van der Waals surface area contributed by atoms with E-state index in [0.717, 1.165) is 29.2 Å². The third kappa shape index (κ3) is 3.12. The van der Waals surface area contributed by atoms with Crippen molar-refractivity contribution in [1.29, 1.82) is 0 Å². The van der Waals surface area contributed by atoms with Crippen LogP contribution in [0.4, 0.5) is 10.1 Å². The predicted octanol–water partition coefficient (Wildman–Crippen LogP) is 3.85. The summed E-state index contributed by atoms with van der Waals surface area (Å²) in [4.78, 5) is 11.2. The number of aryl methyl sites for hydroxylation is 2. The lowest BCUT2D eigenvalue weighted by Gasteiger charge is -2.27. The molecule has 28 heavy (non-hydrogen) atoms. The SMILES string of the molecule is Cc1cccc(C2CCCN2S(=O)(=O)c2cc3c(cc2F)NC(=O)CC3)c1C. The molecule has 2 aliphatic heterocycles. The number of rotatable bonds is 3. The number of benzene rings is 2. The number of fused-ring (bicyclic) bond motifs is 1. The van der Waals surface area contributed by atoms with Crippen LogP contribution in [0.2, 0.25) is 0 Å². The molecule has 7 heteroatoms. The largest absolute Gasteiger partial charge is 0.326 e. The zero-order valence-electron chi connectivity index (χ0n) is 16.0. The number of hydrogen-bond acceptors (Lipinski definition) is 3. The lowest BCUT2D eigenvalue weighted by Crippen LogP contribution is -2.32. The summed E-state index contributed by atoms with van der Waals surface area (Å²) in [6, 6.07) is 8.12. The minimum Gasteiger partial charge on any atom is -0.326 e. The first-order chi connectivity index (χ1) is 13.3. The topological polar surface area (TPSA) is 66.5 Å². The van der Waals surface area contributed by atoms with Gasteiger partial charge in [0.15, 0.2) is 0 Å². The molecular weight excluding hydrogens is 379 g/mol. The van der Waals surface area contributed by atoms with E-state index >= 15 is 0 Å². The minimum atomic E-state index is -4.00. The molecule has 2 heterocycles. The van der Waals surface area contributed by atoms with E-state index in [1.807, 2.05) is 32.0 Å². The first-order valence-corrected chi connectivity index (χ1v) is 10.9. The van der Waals surface area contributed by atoms with Crippen LogP contribution in [0.5, 0.6) is 0 Å². The number of sulfonamides is 1. The van der Waals surface area contributed by atoms with Gasteiger partial charge >= 0.3 is 0 Å². The van der Waals surface area contributed by atoms with Crippen LogP contribution in [-0.4, -0.2) is 25.2 Å². The summed E-state index contributed by atoms with van der Waals surface area (Å²) in [5.41, 5.74) is 4.18. The maximum absolute atomic E-state index is 14.8. The summed E-state index contributed by atoms with van der Waals surface area (Å²) in [5.74, 6) is -1.01. The van der Waals surface area contributed by atoms with E-state index in [1.54, 1.807) is 0 Å². The molecule has 148 valence electrons. The molecule has 0 aromatic heterocycles. The van der Waals surface area contributed by atoms with Gasteiger partial charge in [0.1, 0.15) is 10.7 Å². The van der Waals surface area contributed by atoms with Crippen LogP contribution < -0.4 is 5.32 Å². The molecule has 0 saturated carbocycles. The predicted molar refractivity (Wildman–Crippen MR) is 105 cm³/mol. The molecule has 1 atom stereocenters. The van der Waals surface area contributed by atoms with Crippen molar-refractivity contribution in [1.82, 2.24) is 4.31 Å². The van der Waals surface area contributed by atoms with Gasteiger partial charge in [-0.1, -0.05) is 18.2 Å². The van der Waals surface area contributed by atoms with Gasteiger partial charge in [-0.25, -0.2) is 12.8 Å². The second-order valence-electron chi connectivity index (χ2n) is 7.55. The molecule has 1 N–H and O–H groups in total. The molecule has 1 fully saturated rings. The smallest absolute Gasteiger partial charge is 0.246 e. The molecule has 0 bridgehead atoms. The summed E-state index contributed by atoms with van der Waals surface area (Å²) in [6.07, 6.45) is 2.13. The van der Waals surface area contributed by atoms with Crippen LogP contribution in [0.3, 0.4) is 0 Å². The van der Waals surface area contributed by atoms with Crippen molar-refractivity contribution >= 4 is 21.6 Å². The van der Waals surface area contributed by atoms with E-state index < -0.39 is 15.8 Å². The van der Waals surface area contributed by atoms with Crippen LogP contribution >= 0.6 is 0 Å². The number of carbonyl (C=O) groups is 1. The highest BCUT2D eigenvalue weighted by Crippen LogP contribution is 2.40. The van der Waals surface area contributed by atoms with Crippen molar-refractivity contribution in [2.45, 2.75) is 50.5 Å². The first kappa shape index (κ1) is 19.1. The van der Waals surface area contributed by atoms with Crippen molar-refractivity contribution in [2.24, 2.45) is 0 Å². The Morgan fingerprint density at radius 1 is 1.18 bits per heavy atom. The van der Waals surface area contributed by atoms with Crippen LogP contribution in [0.1, 0.15) is 47.6 Å². The van der Waals surface area contributed by atoms with Gasteiger partial charge in [-0.3, -0.25) is 4.79 Å². The van der Waals surface area contributed by atoms with Gasteiger partial charge in [0, 0.05) is 18.7 Å². The van der Waals surface area contributed by atoms with Gasteiger partial charge in [0.2, 0.25) is 15.9 Å². The second-order valence-corrected chi connectivity index (χ2v) is 9.41. The standard InChI is InChI=1S/C21H23FN2O3S/c1-13-5-3-6-16(14(13)2)19-7-4-10-24(19)28(26,27)20-11-15-8-9-21(25)23-18(15)12-17(20)22/h3,5-6,11-12,19H,4,7-10H2,1-2H3,(H,23,25). The number of carbonyl (C=O) groups excluding carboxylic acids is 1. The minimum absolute atomic E-state index is 0.183. The van der Waals surface area contributed by atoms with E-state index in [0.29, 0.717) is 30.6 Å². The summed E-state index contributed by atoms with van der Waals surface area (Å²) in [5, 5.41) is 2.61. The monoisotopic (exact) mass is 402 g/mol. The highest BCUT2D eigenvalue weighted by molar-refractivity contribution is 7.89. The summed E-state index contributed by atoms with van der Waals surface area (Å²) in [7, 11) is -4.00. The van der Waals surface area contributed by atoms with Gasteiger partial charge in [-0.2, -0.15) is 4.31 Å². The normalized spacial score (nSPS) is 20.1. The third-order valence-electron chi connectivity index (χ3n) is 5.85. The average molecular weight is 402 g/mol. The number of anilines is 1. The molecular formula is C21H23FN2O3S. The van der Waals surface area contributed by atoms with Crippen LogP contribution in [0.15, 0.2) is 35.2 Å². The zero-order chi connectivity index (χ0) is 20.1. The van der Waals surface area contributed by atoms with Crippen molar-refractivity contribution in [3.05, 3.63) is 58.4 Å². The maximum atomic E-state index is 14.8. The third-order valence-corrected chi connectivity index (χ3v) is 7.77. The molecule has 0 radical (unpaired) electrons. The Morgan fingerprint density at radius 2 is 1.96 bits per heavy atom. The Balaban J connectivity index is 1.76. The molecule has 2 aliphatic rings. The van der Waals surface area contributed by atoms with E-state index in [-0.39, 0.29) is 23.3 Å². The van der Waals surface area contributed by atoms with Crippen LogP contribution in [0.25, 0.3) is 0 Å². The van der Waals surface area contributed by atoms with Gasteiger partial charge in [0.05, 0.1) is 6.04 Å². The highest BCUT2D eigenvalue weighted by Gasteiger charge is 2.38. The van der Waals surface area contributed by atoms with Crippen LogP contribution in [0, 0.1) is 19.7 Å². The molecule has 1 saturated heterocycles. The van der Waals surface area contributed by atoms with Gasteiger partial charge in [-0.15, -0.1) is 0 Å². The lowest BCUT2D eigenvalue weighted by molar-refractivity contribution is -0.116. The van der Waals surface area contributed by atoms with E-state index in [2.05, 4.69) is 5.32 Å². The number of hydrogen-bond donors (Lipinski definition) is 1. The van der Waals surface area contributed by atoms with Crippen molar-refractivity contribution in [3.8, 4) is 0 Å². The van der Waals surface area contributed by atoms with E-state index in [9.17, 15) is 17.6 Å². The molecule has 0 spiro atoms. The summed E-state index contributed by atoms with van der Waals surface area (Å²) < 4.78 is 43.0.